The average Bonchev–Trinajstić information content (AvgIpc) is 3.12. The van der Waals surface area contributed by atoms with E-state index < -0.39 is 0 Å². The molecule has 0 fully saturated rings. The van der Waals surface area contributed by atoms with Gasteiger partial charge in [-0.05, 0) is 31.0 Å². The molecule has 130 valence electrons. The second-order valence-corrected chi connectivity index (χ2v) is 6.19. The first-order valence-electron chi connectivity index (χ1n) is 8.61. The van der Waals surface area contributed by atoms with Crippen molar-refractivity contribution in [3.63, 3.8) is 0 Å². The van der Waals surface area contributed by atoms with Crippen molar-refractivity contribution >= 4 is 0 Å². The fourth-order valence-electron chi connectivity index (χ4n) is 2.81. The molecule has 25 heavy (non-hydrogen) atoms. The van der Waals surface area contributed by atoms with Gasteiger partial charge in [0.05, 0.1) is 12.2 Å². The Hall–Kier alpha value is -2.50. The number of rotatable bonds is 8. The first kappa shape index (κ1) is 17.3. The molecule has 5 heteroatoms. The van der Waals surface area contributed by atoms with Gasteiger partial charge in [-0.3, -0.25) is 4.90 Å². The van der Waals surface area contributed by atoms with Gasteiger partial charge in [-0.15, -0.1) is 5.10 Å². The number of para-hydroxylation sites is 1. The van der Waals surface area contributed by atoms with Crippen LogP contribution in [-0.4, -0.2) is 37.4 Å². The van der Waals surface area contributed by atoms with Crippen molar-refractivity contribution in [3.8, 4) is 5.69 Å². The highest BCUT2D eigenvalue weighted by Gasteiger charge is 2.16. The number of hydrogen-bond acceptors (Lipinski definition) is 4. The van der Waals surface area contributed by atoms with Crippen LogP contribution in [0.2, 0.25) is 0 Å². The zero-order chi connectivity index (χ0) is 17.5. The maximum absolute atomic E-state index is 9.31. The van der Waals surface area contributed by atoms with Crippen LogP contribution >= 0.6 is 0 Å². The molecular weight excluding hydrogens is 312 g/mol. The van der Waals surface area contributed by atoms with E-state index >= 15 is 0 Å². The smallest absolute Gasteiger partial charge is 0.165 e. The highest BCUT2D eigenvalue weighted by molar-refractivity contribution is 5.29. The lowest BCUT2D eigenvalue weighted by Crippen LogP contribution is -2.33. The van der Waals surface area contributed by atoms with E-state index in [4.69, 9.17) is 0 Å². The molecule has 0 aliphatic rings. The molecule has 0 amide bonds. The number of hydrogen-bond donors (Lipinski definition) is 1. The molecule has 0 saturated heterocycles. The number of aliphatic hydroxyl groups excluding tert-OH is 1. The van der Waals surface area contributed by atoms with Gasteiger partial charge in [0, 0.05) is 19.2 Å². The minimum absolute atomic E-state index is 0.179. The van der Waals surface area contributed by atoms with Gasteiger partial charge in [-0.2, -0.15) is 0 Å². The normalized spacial score (nSPS) is 12.4. The molecule has 1 unspecified atom stereocenters. The molecule has 5 nitrogen and oxygen atoms in total. The Morgan fingerprint density at radius 3 is 2.36 bits per heavy atom. The van der Waals surface area contributed by atoms with E-state index in [1.807, 2.05) is 48.5 Å². The largest absolute Gasteiger partial charge is 0.396 e. The SMILES string of the molecule is CC(CCO)N(Cc1ccccc1)Cc1ncn(-c2ccccc2)n1. The summed E-state index contributed by atoms with van der Waals surface area (Å²) in [6.45, 7) is 3.77. The highest BCUT2D eigenvalue weighted by Crippen LogP contribution is 2.14. The molecule has 1 atom stereocenters. The standard InChI is InChI=1S/C20H24N4O/c1-17(12-13-25)23(14-18-8-4-2-5-9-18)15-20-21-16-24(22-20)19-10-6-3-7-11-19/h2-11,16-17,25H,12-15H2,1H3. The summed E-state index contributed by atoms with van der Waals surface area (Å²) in [6.07, 6.45) is 2.48. The van der Waals surface area contributed by atoms with Gasteiger partial charge in [-0.25, -0.2) is 9.67 Å². The molecule has 3 aromatic rings. The Balaban J connectivity index is 1.74. The zero-order valence-electron chi connectivity index (χ0n) is 14.5. The fourth-order valence-corrected chi connectivity index (χ4v) is 2.81. The van der Waals surface area contributed by atoms with Crippen molar-refractivity contribution in [2.24, 2.45) is 0 Å². The molecule has 3 rings (SSSR count). The number of aromatic nitrogens is 3. The lowest BCUT2D eigenvalue weighted by atomic mass is 10.1. The summed E-state index contributed by atoms with van der Waals surface area (Å²) in [5, 5.41) is 13.9. The second kappa shape index (κ2) is 8.55. The summed E-state index contributed by atoms with van der Waals surface area (Å²) >= 11 is 0. The summed E-state index contributed by atoms with van der Waals surface area (Å²) in [5.74, 6) is 0.782. The first-order valence-corrected chi connectivity index (χ1v) is 8.61. The van der Waals surface area contributed by atoms with E-state index in [0.29, 0.717) is 6.54 Å². The van der Waals surface area contributed by atoms with E-state index in [-0.39, 0.29) is 12.6 Å². The van der Waals surface area contributed by atoms with E-state index in [1.54, 1.807) is 11.0 Å². The lowest BCUT2D eigenvalue weighted by molar-refractivity contribution is 0.150. The predicted molar refractivity (Wildman–Crippen MR) is 98.2 cm³/mol. The quantitative estimate of drug-likeness (QED) is 0.687. The van der Waals surface area contributed by atoms with E-state index in [1.165, 1.54) is 5.56 Å². The molecule has 0 aliphatic heterocycles. The van der Waals surface area contributed by atoms with Gasteiger partial charge in [0.15, 0.2) is 5.82 Å². The maximum atomic E-state index is 9.31. The monoisotopic (exact) mass is 336 g/mol. The van der Waals surface area contributed by atoms with Crippen LogP contribution in [0, 0.1) is 0 Å². The van der Waals surface area contributed by atoms with Gasteiger partial charge < -0.3 is 5.11 Å². The van der Waals surface area contributed by atoms with Gasteiger partial charge in [-0.1, -0.05) is 48.5 Å². The van der Waals surface area contributed by atoms with Gasteiger partial charge in [0.1, 0.15) is 6.33 Å². The Morgan fingerprint density at radius 1 is 1.00 bits per heavy atom. The molecule has 0 radical (unpaired) electrons. The van der Waals surface area contributed by atoms with Crippen LogP contribution in [0.3, 0.4) is 0 Å². The Morgan fingerprint density at radius 2 is 1.68 bits per heavy atom. The van der Waals surface area contributed by atoms with Crippen LogP contribution in [-0.2, 0) is 13.1 Å². The van der Waals surface area contributed by atoms with Gasteiger partial charge in [0.2, 0.25) is 0 Å². The molecule has 0 bridgehead atoms. The Kier molecular flexibility index (Phi) is 5.93. The molecule has 0 saturated carbocycles. The van der Waals surface area contributed by atoms with Crippen LogP contribution in [0.4, 0.5) is 0 Å². The lowest BCUT2D eigenvalue weighted by Gasteiger charge is -2.27. The van der Waals surface area contributed by atoms with Gasteiger partial charge in [0.25, 0.3) is 0 Å². The van der Waals surface area contributed by atoms with Crippen molar-refractivity contribution < 1.29 is 5.11 Å². The predicted octanol–water partition coefficient (Wildman–Crippen LogP) is 3.04. The maximum Gasteiger partial charge on any atom is 0.165 e. The third-order valence-electron chi connectivity index (χ3n) is 4.30. The van der Waals surface area contributed by atoms with E-state index in [2.05, 4.69) is 34.0 Å². The van der Waals surface area contributed by atoms with Crippen molar-refractivity contribution in [2.45, 2.75) is 32.5 Å². The minimum atomic E-state index is 0.179. The number of nitrogens with zero attached hydrogens (tertiary/aromatic N) is 4. The molecule has 1 heterocycles. The Bertz CT molecular complexity index is 758. The van der Waals surface area contributed by atoms with Crippen molar-refractivity contribution in [1.82, 2.24) is 19.7 Å². The minimum Gasteiger partial charge on any atom is -0.396 e. The highest BCUT2D eigenvalue weighted by atomic mass is 16.3. The molecule has 1 aromatic heterocycles. The van der Waals surface area contributed by atoms with E-state index in [9.17, 15) is 5.11 Å². The number of aliphatic hydroxyl groups is 1. The first-order chi connectivity index (χ1) is 12.3. The second-order valence-electron chi connectivity index (χ2n) is 6.19. The molecular formula is C20H24N4O. The van der Waals surface area contributed by atoms with Crippen LogP contribution in [0.25, 0.3) is 5.69 Å². The van der Waals surface area contributed by atoms with Crippen LogP contribution in [0.1, 0.15) is 24.7 Å². The summed E-state index contributed by atoms with van der Waals surface area (Å²) < 4.78 is 1.80. The van der Waals surface area contributed by atoms with Crippen molar-refractivity contribution in [3.05, 3.63) is 78.4 Å². The molecule has 0 aliphatic carbocycles. The Labute approximate surface area is 148 Å². The summed E-state index contributed by atoms with van der Waals surface area (Å²) in [7, 11) is 0. The van der Waals surface area contributed by atoms with Crippen LogP contribution in [0.5, 0.6) is 0 Å². The number of benzene rings is 2. The van der Waals surface area contributed by atoms with Crippen molar-refractivity contribution in [2.75, 3.05) is 6.61 Å². The fraction of sp³-hybridized carbons (Fsp3) is 0.300. The zero-order valence-corrected chi connectivity index (χ0v) is 14.5. The summed E-state index contributed by atoms with van der Waals surface area (Å²) in [5.41, 5.74) is 2.24. The third kappa shape index (κ3) is 4.75. The molecule has 1 N–H and O–H groups in total. The average molecular weight is 336 g/mol. The summed E-state index contributed by atoms with van der Waals surface area (Å²) in [6, 6.07) is 20.6. The van der Waals surface area contributed by atoms with Crippen LogP contribution in [0.15, 0.2) is 67.0 Å². The van der Waals surface area contributed by atoms with Crippen LogP contribution < -0.4 is 0 Å². The molecule has 2 aromatic carbocycles. The van der Waals surface area contributed by atoms with Crippen molar-refractivity contribution in [1.29, 1.82) is 0 Å². The summed E-state index contributed by atoms with van der Waals surface area (Å²) in [4.78, 5) is 6.77. The van der Waals surface area contributed by atoms with Gasteiger partial charge >= 0.3 is 0 Å². The third-order valence-corrected chi connectivity index (χ3v) is 4.30. The van der Waals surface area contributed by atoms with E-state index in [0.717, 1.165) is 24.5 Å². The molecule has 0 spiro atoms. The topological polar surface area (TPSA) is 54.2 Å².